The molecule has 1 aliphatic carbocycles. The van der Waals surface area contributed by atoms with Crippen LogP contribution in [0.5, 0.6) is 0 Å². The van der Waals surface area contributed by atoms with Crippen molar-refractivity contribution in [3.05, 3.63) is 0 Å². The number of hydrogen-bond donors (Lipinski definition) is 2. The lowest BCUT2D eigenvalue weighted by atomic mass is 9.80. The van der Waals surface area contributed by atoms with Gasteiger partial charge in [0.25, 0.3) is 0 Å². The number of likely N-dealkylation sites (tertiary alicyclic amines) is 1. The number of nitrogens with zero attached hydrogens (tertiary/aromatic N) is 1. The Morgan fingerprint density at radius 3 is 2.42 bits per heavy atom. The summed E-state index contributed by atoms with van der Waals surface area (Å²) in [6.45, 7) is 5.09. The minimum absolute atomic E-state index is 0.0377. The summed E-state index contributed by atoms with van der Waals surface area (Å²) in [5.74, 6) is -1.25. The molecule has 0 aromatic rings. The number of aliphatic carboxylic acids is 1. The molecule has 1 saturated carbocycles. The van der Waals surface area contributed by atoms with Crippen molar-refractivity contribution in [3.8, 4) is 0 Å². The van der Waals surface area contributed by atoms with E-state index >= 15 is 0 Å². The van der Waals surface area contributed by atoms with Crippen molar-refractivity contribution < 1.29 is 24.2 Å². The monoisotopic (exact) mass is 368 g/mol. The lowest BCUT2D eigenvalue weighted by Gasteiger charge is -2.35. The van der Waals surface area contributed by atoms with Crippen molar-refractivity contribution in [2.24, 2.45) is 17.8 Å². The van der Waals surface area contributed by atoms with Gasteiger partial charge in [0.2, 0.25) is 11.8 Å². The third-order valence-corrected chi connectivity index (χ3v) is 5.52. The molecule has 0 aromatic carbocycles. The van der Waals surface area contributed by atoms with Gasteiger partial charge in [-0.2, -0.15) is 0 Å². The standard InChI is InChI=1S/C19H32N2O5/c1-2-26-12-4-9-20-17(22)14-7-10-21(11-8-14)18(23)15-5-3-6-16(13-15)19(24)25/h14-16H,2-13H2,1H3,(H,20,22)(H,24,25). The summed E-state index contributed by atoms with van der Waals surface area (Å²) >= 11 is 0. The highest BCUT2D eigenvalue weighted by molar-refractivity contribution is 5.82. The Bertz CT molecular complexity index is 488. The van der Waals surface area contributed by atoms with Gasteiger partial charge in [-0.15, -0.1) is 0 Å². The summed E-state index contributed by atoms with van der Waals surface area (Å²) < 4.78 is 5.25. The first kappa shape index (κ1) is 20.7. The van der Waals surface area contributed by atoms with E-state index < -0.39 is 11.9 Å². The van der Waals surface area contributed by atoms with Gasteiger partial charge in [-0.05, 0) is 45.4 Å². The number of rotatable bonds is 8. The molecule has 2 N–H and O–H groups in total. The second-order valence-corrected chi connectivity index (χ2v) is 7.34. The SMILES string of the molecule is CCOCCCNC(=O)C1CCN(C(=O)C2CCCC(C(=O)O)C2)CC1. The van der Waals surface area contributed by atoms with E-state index in [0.717, 1.165) is 19.3 Å². The van der Waals surface area contributed by atoms with Crippen molar-refractivity contribution >= 4 is 17.8 Å². The van der Waals surface area contributed by atoms with Crippen LogP contribution in [0.25, 0.3) is 0 Å². The van der Waals surface area contributed by atoms with Gasteiger partial charge in [0.1, 0.15) is 0 Å². The average Bonchev–Trinajstić information content (AvgIpc) is 2.67. The molecule has 148 valence electrons. The largest absolute Gasteiger partial charge is 0.481 e. The van der Waals surface area contributed by atoms with Crippen molar-refractivity contribution in [1.29, 1.82) is 0 Å². The van der Waals surface area contributed by atoms with Crippen LogP contribution in [-0.2, 0) is 19.1 Å². The maximum Gasteiger partial charge on any atom is 0.306 e. The number of amides is 2. The molecule has 2 atom stereocenters. The van der Waals surface area contributed by atoms with Crippen LogP contribution in [-0.4, -0.2) is 60.6 Å². The molecule has 2 fully saturated rings. The molecule has 2 unspecified atom stereocenters. The third kappa shape index (κ3) is 5.97. The topological polar surface area (TPSA) is 95.9 Å². The van der Waals surface area contributed by atoms with E-state index in [0.29, 0.717) is 58.5 Å². The Hall–Kier alpha value is -1.63. The molecule has 0 radical (unpaired) electrons. The zero-order valence-electron chi connectivity index (χ0n) is 15.7. The van der Waals surface area contributed by atoms with E-state index in [2.05, 4.69) is 5.32 Å². The molecule has 0 aromatic heterocycles. The lowest BCUT2D eigenvalue weighted by molar-refractivity contribution is -0.146. The molecular formula is C19H32N2O5. The zero-order valence-corrected chi connectivity index (χ0v) is 15.7. The van der Waals surface area contributed by atoms with Gasteiger partial charge in [0.15, 0.2) is 0 Å². The quantitative estimate of drug-likeness (QED) is 0.635. The van der Waals surface area contributed by atoms with Crippen LogP contribution >= 0.6 is 0 Å². The molecule has 1 heterocycles. The summed E-state index contributed by atoms with van der Waals surface area (Å²) in [5, 5.41) is 12.1. The number of ether oxygens (including phenoxy) is 1. The van der Waals surface area contributed by atoms with Crippen molar-refractivity contribution in [1.82, 2.24) is 10.2 Å². The van der Waals surface area contributed by atoms with Crippen molar-refractivity contribution in [2.45, 2.75) is 51.9 Å². The summed E-state index contributed by atoms with van der Waals surface area (Å²) in [7, 11) is 0. The number of carboxylic acid groups (broad SMARTS) is 1. The van der Waals surface area contributed by atoms with Gasteiger partial charge >= 0.3 is 5.97 Å². The Morgan fingerprint density at radius 1 is 1.08 bits per heavy atom. The first-order chi connectivity index (χ1) is 12.5. The maximum absolute atomic E-state index is 12.7. The van der Waals surface area contributed by atoms with Crippen molar-refractivity contribution in [2.75, 3.05) is 32.8 Å². The predicted molar refractivity (Wildman–Crippen MR) is 96.5 cm³/mol. The molecule has 2 amide bonds. The van der Waals surface area contributed by atoms with Crippen LogP contribution in [0, 0.1) is 17.8 Å². The van der Waals surface area contributed by atoms with Gasteiger partial charge in [-0.1, -0.05) is 6.42 Å². The number of hydrogen-bond acceptors (Lipinski definition) is 4. The van der Waals surface area contributed by atoms with E-state index in [9.17, 15) is 19.5 Å². The number of carboxylic acids is 1. The summed E-state index contributed by atoms with van der Waals surface area (Å²) in [4.78, 5) is 37.9. The minimum Gasteiger partial charge on any atom is -0.481 e. The summed E-state index contributed by atoms with van der Waals surface area (Å²) in [6, 6.07) is 0. The summed E-state index contributed by atoms with van der Waals surface area (Å²) in [5.41, 5.74) is 0. The molecule has 0 spiro atoms. The van der Waals surface area contributed by atoms with Crippen LogP contribution in [0.1, 0.15) is 51.9 Å². The van der Waals surface area contributed by atoms with Gasteiger partial charge in [0, 0.05) is 44.7 Å². The van der Waals surface area contributed by atoms with E-state index in [4.69, 9.17) is 4.74 Å². The second kappa shape index (κ2) is 10.5. The first-order valence-electron chi connectivity index (χ1n) is 9.90. The Morgan fingerprint density at radius 2 is 1.77 bits per heavy atom. The molecule has 2 rings (SSSR count). The second-order valence-electron chi connectivity index (χ2n) is 7.34. The fourth-order valence-electron chi connectivity index (χ4n) is 3.93. The van der Waals surface area contributed by atoms with E-state index in [1.807, 2.05) is 11.8 Å². The predicted octanol–water partition coefficient (Wildman–Crippen LogP) is 1.66. The van der Waals surface area contributed by atoms with E-state index in [1.54, 1.807) is 0 Å². The average molecular weight is 368 g/mol. The number of carbonyl (C=O) groups is 3. The van der Waals surface area contributed by atoms with Crippen LogP contribution < -0.4 is 5.32 Å². The molecule has 2 aliphatic rings. The fourth-order valence-corrected chi connectivity index (χ4v) is 3.93. The Balaban J connectivity index is 1.71. The molecule has 7 nitrogen and oxygen atoms in total. The van der Waals surface area contributed by atoms with Crippen LogP contribution in [0.2, 0.25) is 0 Å². The van der Waals surface area contributed by atoms with E-state index in [1.165, 1.54) is 0 Å². The number of carbonyl (C=O) groups excluding carboxylic acids is 2. The van der Waals surface area contributed by atoms with Crippen LogP contribution in [0.4, 0.5) is 0 Å². The van der Waals surface area contributed by atoms with Gasteiger partial charge < -0.3 is 20.1 Å². The van der Waals surface area contributed by atoms with Gasteiger partial charge in [-0.3, -0.25) is 14.4 Å². The number of nitrogens with one attached hydrogen (secondary N) is 1. The highest BCUT2D eigenvalue weighted by atomic mass is 16.5. The third-order valence-electron chi connectivity index (χ3n) is 5.52. The van der Waals surface area contributed by atoms with Gasteiger partial charge in [-0.25, -0.2) is 0 Å². The van der Waals surface area contributed by atoms with Gasteiger partial charge in [0.05, 0.1) is 5.92 Å². The minimum atomic E-state index is -0.790. The summed E-state index contributed by atoms with van der Waals surface area (Å²) in [6.07, 6.45) is 4.87. The normalized spacial score (nSPS) is 24.3. The van der Waals surface area contributed by atoms with E-state index in [-0.39, 0.29) is 23.7 Å². The molecule has 1 aliphatic heterocycles. The first-order valence-corrected chi connectivity index (χ1v) is 9.90. The smallest absolute Gasteiger partial charge is 0.306 e. The highest BCUT2D eigenvalue weighted by Crippen LogP contribution is 2.31. The number of piperidine rings is 1. The van der Waals surface area contributed by atoms with Crippen LogP contribution in [0.15, 0.2) is 0 Å². The lowest BCUT2D eigenvalue weighted by Crippen LogP contribution is -2.46. The molecule has 1 saturated heterocycles. The fraction of sp³-hybridized carbons (Fsp3) is 0.842. The Kier molecular flexibility index (Phi) is 8.35. The Labute approximate surface area is 155 Å². The molecule has 7 heteroatoms. The van der Waals surface area contributed by atoms with Crippen LogP contribution in [0.3, 0.4) is 0 Å². The van der Waals surface area contributed by atoms with Crippen molar-refractivity contribution in [3.63, 3.8) is 0 Å². The molecule has 26 heavy (non-hydrogen) atoms. The maximum atomic E-state index is 12.7. The molecular weight excluding hydrogens is 336 g/mol. The highest BCUT2D eigenvalue weighted by Gasteiger charge is 2.35. The zero-order chi connectivity index (χ0) is 18.9. The molecule has 0 bridgehead atoms.